The van der Waals surface area contributed by atoms with Crippen LogP contribution in [0.2, 0.25) is 0 Å². The lowest BCUT2D eigenvalue weighted by molar-refractivity contribution is 0.0642. The van der Waals surface area contributed by atoms with E-state index >= 15 is 0 Å². The van der Waals surface area contributed by atoms with Crippen molar-refractivity contribution in [2.45, 2.75) is 33.4 Å². The van der Waals surface area contributed by atoms with Crippen molar-refractivity contribution in [1.29, 1.82) is 0 Å². The van der Waals surface area contributed by atoms with Crippen LogP contribution < -0.4 is 0 Å². The van der Waals surface area contributed by atoms with Gasteiger partial charge in [0.2, 0.25) is 0 Å². The minimum absolute atomic E-state index is 0.107. The lowest BCUT2D eigenvalue weighted by Crippen LogP contribution is -2.45. The maximum atomic E-state index is 12.9. The van der Waals surface area contributed by atoms with Gasteiger partial charge in [0, 0.05) is 24.8 Å². The number of aryl methyl sites for hydroxylation is 1. The van der Waals surface area contributed by atoms with E-state index < -0.39 is 0 Å². The van der Waals surface area contributed by atoms with Gasteiger partial charge in [0.15, 0.2) is 0 Å². The summed E-state index contributed by atoms with van der Waals surface area (Å²) < 4.78 is 2.10. The summed E-state index contributed by atoms with van der Waals surface area (Å²) in [6.07, 6.45) is 1.84. The van der Waals surface area contributed by atoms with E-state index in [1.54, 1.807) is 0 Å². The quantitative estimate of drug-likeness (QED) is 0.848. The molecule has 0 spiro atoms. The van der Waals surface area contributed by atoms with E-state index in [1.165, 1.54) is 0 Å². The molecule has 1 aliphatic rings. The summed E-state index contributed by atoms with van der Waals surface area (Å²) in [5.41, 5.74) is 2.99. The molecule has 0 aliphatic carbocycles. The van der Waals surface area contributed by atoms with Crippen LogP contribution in [0.1, 0.15) is 41.5 Å². The second-order valence-electron chi connectivity index (χ2n) is 6.46. The van der Waals surface area contributed by atoms with Crippen molar-refractivity contribution in [1.82, 2.24) is 19.6 Å². The van der Waals surface area contributed by atoms with Crippen molar-refractivity contribution in [2.24, 2.45) is 0 Å². The number of hydrogen-bond donors (Lipinski definition) is 0. The van der Waals surface area contributed by atoms with Crippen molar-refractivity contribution in [3.63, 3.8) is 0 Å². The normalized spacial score (nSPS) is 17.2. The van der Waals surface area contributed by atoms with Gasteiger partial charge in [-0.2, -0.15) is 5.10 Å². The largest absolute Gasteiger partial charge is 0.331 e. The van der Waals surface area contributed by atoms with Crippen molar-refractivity contribution in [2.75, 3.05) is 26.2 Å². The number of benzene rings is 1. The third-order valence-corrected chi connectivity index (χ3v) is 4.80. The maximum absolute atomic E-state index is 12.9. The fourth-order valence-electron chi connectivity index (χ4n) is 3.42. The highest BCUT2D eigenvalue weighted by molar-refractivity contribution is 5.94. The number of hydrogen-bond acceptors (Lipinski definition) is 3. The molecule has 5 heteroatoms. The van der Waals surface area contributed by atoms with E-state index in [2.05, 4.69) is 28.5 Å². The molecular weight excluding hydrogens is 300 g/mol. The molecular formula is C19H26N4O. The zero-order valence-corrected chi connectivity index (χ0v) is 14.8. The molecule has 0 saturated heterocycles. The number of rotatable bonds is 5. The Morgan fingerprint density at radius 2 is 2.08 bits per heavy atom. The van der Waals surface area contributed by atoms with Crippen LogP contribution in [-0.2, 0) is 6.54 Å². The van der Waals surface area contributed by atoms with Gasteiger partial charge in [-0.15, -0.1) is 0 Å². The number of amides is 1. The smallest absolute Gasteiger partial charge is 0.254 e. The van der Waals surface area contributed by atoms with Crippen LogP contribution in [0.3, 0.4) is 0 Å². The van der Waals surface area contributed by atoms with Gasteiger partial charge in [-0.1, -0.05) is 31.5 Å². The predicted octanol–water partition coefficient (Wildman–Crippen LogP) is 2.73. The first-order valence-electron chi connectivity index (χ1n) is 8.73. The molecule has 0 radical (unpaired) electrons. The van der Waals surface area contributed by atoms with Crippen molar-refractivity contribution in [3.8, 4) is 0 Å². The average molecular weight is 326 g/mol. The molecule has 0 fully saturated rings. The summed E-state index contributed by atoms with van der Waals surface area (Å²) in [7, 11) is 0. The molecule has 1 amide bonds. The van der Waals surface area contributed by atoms with E-state index in [9.17, 15) is 4.79 Å². The van der Waals surface area contributed by atoms with E-state index in [0.29, 0.717) is 13.1 Å². The Labute approximate surface area is 143 Å². The molecule has 1 atom stereocenters. The summed E-state index contributed by atoms with van der Waals surface area (Å²) in [6, 6.07) is 10.1. The fourth-order valence-corrected chi connectivity index (χ4v) is 3.42. The first-order chi connectivity index (χ1) is 11.6. The summed E-state index contributed by atoms with van der Waals surface area (Å²) >= 11 is 0. The molecule has 24 heavy (non-hydrogen) atoms. The molecule has 3 rings (SSSR count). The number of likely N-dealkylation sites (N-methyl/N-ethyl adjacent to an activating group) is 1. The monoisotopic (exact) mass is 326 g/mol. The Kier molecular flexibility index (Phi) is 5.00. The standard InChI is InChI=1S/C19H26N4O/c1-4-21(5-2)12-18-14-22(13-17-9-10-20-23(17)18)19(24)16-8-6-7-15(3)11-16/h6-11,18H,4-5,12-14H2,1-3H3/t18-/m0/s1. The molecule has 5 nitrogen and oxygen atoms in total. The van der Waals surface area contributed by atoms with Crippen molar-refractivity contribution < 1.29 is 4.79 Å². The van der Waals surface area contributed by atoms with E-state index in [4.69, 9.17) is 0 Å². The van der Waals surface area contributed by atoms with Gasteiger partial charge in [-0.05, 0) is 38.2 Å². The van der Waals surface area contributed by atoms with Crippen molar-refractivity contribution >= 4 is 5.91 Å². The second-order valence-corrected chi connectivity index (χ2v) is 6.46. The highest BCUT2D eigenvalue weighted by Crippen LogP contribution is 2.23. The molecule has 0 unspecified atom stereocenters. The van der Waals surface area contributed by atoms with Crippen LogP contribution in [0.5, 0.6) is 0 Å². The van der Waals surface area contributed by atoms with Crippen LogP contribution in [0.15, 0.2) is 36.5 Å². The van der Waals surface area contributed by atoms with Crippen LogP contribution in [-0.4, -0.2) is 51.7 Å². The first-order valence-corrected chi connectivity index (χ1v) is 8.73. The number of carbonyl (C=O) groups is 1. The van der Waals surface area contributed by atoms with Gasteiger partial charge in [-0.25, -0.2) is 0 Å². The first kappa shape index (κ1) is 16.7. The Morgan fingerprint density at radius 1 is 1.29 bits per heavy atom. The third-order valence-electron chi connectivity index (χ3n) is 4.80. The molecule has 128 valence electrons. The predicted molar refractivity (Wildman–Crippen MR) is 95.0 cm³/mol. The minimum Gasteiger partial charge on any atom is -0.331 e. The third kappa shape index (κ3) is 3.36. The highest BCUT2D eigenvalue weighted by atomic mass is 16.2. The van der Waals surface area contributed by atoms with E-state index in [-0.39, 0.29) is 11.9 Å². The van der Waals surface area contributed by atoms with Crippen LogP contribution in [0, 0.1) is 6.92 Å². The van der Waals surface area contributed by atoms with Crippen LogP contribution >= 0.6 is 0 Å². The van der Waals surface area contributed by atoms with Crippen LogP contribution in [0.4, 0.5) is 0 Å². The lowest BCUT2D eigenvalue weighted by atomic mass is 10.1. The second kappa shape index (κ2) is 7.18. The van der Waals surface area contributed by atoms with Gasteiger partial charge in [-0.3, -0.25) is 9.48 Å². The molecule has 1 aliphatic heterocycles. The molecule has 0 N–H and O–H groups in total. The Hall–Kier alpha value is -2.14. The Balaban J connectivity index is 1.82. The average Bonchev–Trinajstić information content (AvgIpc) is 3.07. The summed E-state index contributed by atoms with van der Waals surface area (Å²) in [5, 5.41) is 4.49. The number of fused-ring (bicyclic) bond motifs is 1. The van der Waals surface area contributed by atoms with Gasteiger partial charge in [0.05, 0.1) is 18.3 Å². The van der Waals surface area contributed by atoms with Crippen LogP contribution in [0.25, 0.3) is 0 Å². The lowest BCUT2D eigenvalue weighted by Gasteiger charge is -2.36. The Morgan fingerprint density at radius 3 is 2.79 bits per heavy atom. The summed E-state index contributed by atoms with van der Waals surface area (Å²) in [6.45, 7) is 10.6. The molecule has 2 aromatic rings. The summed E-state index contributed by atoms with van der Waals surface area (Å²) in [4.78, 5) is 17.3. The number of nitrogens with zero attached hydrogens (tertiary/aromatic N) is 4. The van der Waals surface area contributed by atoms with Gasteiger partial charge in [0.25, 0.3) is 5.91 Å². The fraction of sp³-hybridized carbons (Fsp3) is 0.474. The highest BCUT2D eigenvalue weighted by Gasteiger charge is 2.29. The summed E-state index contributed by atoms with van der Waals surface area (Å²) in [5.74, 6) is 0.107. The van der Waals surface area contributed by atoms with Crippen molar-refractivity contribution in [3.05, 3.63) is 53.3 Å². The molecule has 0 bridgehead atoms. The topological polar surface area (TPSA) is 41.4 Å². The zero-order valence-electron chi connectivity index (χ0n) is 14.8. The van der Waals surface area contributed by atoms with Gasteiger partial charge in [0.1, 0.15) is 0 Å². The SMILES string of the molecule is CCN(CC)C[C@H]1CN(C(=O)c2cccc(C)c2)Cc2ccnn21. The number of carbonyl (C=O) groups excluding carboxylic acids is 1. The Bertz CT molecular complexity index is 705. The number of aromatic nitrogens is 2. The molecule has 2 heterocycles. The molecule has 0 saturated carbocycles. The minimum atomic E-state index is 0.107. The zero-order chi connectivity index (χ0) is 17.1. The van der Waals surface area contributed by atoms with Gasteiger partial charge >= 0.3 is 0 Å². The molecule has 1 aromatic heterocycles. The van der Waals surface area contributed by atoms with E-state index in [1.807, 2.05) is 48.4 Å². The van der Waals surface area contributed by atoms with E-state index in [0.717, 1.165) is 36.5 Å². The molecule has 1 aromatic carbocycles. The van der Waals surface area contributed by atoms with Gasteiger partial charge < -0.3 is 9.80 Å². The maximum Gasteiger partial charge on any atom is 0.254 e.